The number of fused-ring (bicyclic) bond motifs is 5. The number of nitrogens with one attached hydrogen (secondary N) is 3. The Morgan fingerprint density at radius 1 is 1.11 bits per heavy atom. The van der Waals surface area contributed by atoms with E-state index in [1.54, 1.807) is 7.11 Å². The Balaban J connectivity index is 1.45. The highest BCUT2D eigenvalue weighted by molar-refractivity contribution is 6.15. The number of hydrogen-bond acceptors (Lipinski definition) is 5. The van der Waals surface area contributed by atoms with Gasteiger partial charge in [-0.15, -0.1) is 0 Å². The Hall–Kier alpha value is -3.56. The maximum Gasteiger partial charge on any atom is 0.250 e. The monoisotopic (exact) mass is 476 g/mol. The second kappa shape index (κ2) is 8.00. The number of methoxy groups -OCH3 is 1. The minimum absolute atomic E-state index is 0.214. The van der Waals surface area contributed by atoms with Gasteiger partial charge < -0.3 is 15.0 Å². The summed E-state index contributed by atoms with van der Waals surface area (Å²) in [4.78, 5) is 45.3. The average Bonchev–Trinajstić information content (AvgIpc) is 3.55. The van der Waals surface area contributed by atoms with Crippen molar-refractivity contribution in [1.29, 1.82) is 0 Å². The molecule has 1 aromatic heterocycles. The molecule has 3 aliphatic heterocycles. The molecule has 1 spiro atoms. The molecule has 2 saturated heterocycles. The van der Waals surface area contributed by atoms with E-state index in [1.807, 2.05) is 30.5 Å². The number of amides is 3. The van der Waals surface area contributed by atoms with Crippen molar-refractivity contribution < 1.29 is 23.5 Å². The van der Waals surface area contributed by atoms with Gasteiger partial charge in [0.1, 0.15) is 11.4 Å². The molecule has 3 amide bonds. The van der Waals surface area contributed by atoms with Gasteiger partial charge in [-0.2, -0.15) is 0 Å². The summed E-state index contributed by atoms with van der Waals surface area (Å²) in [5, 5.41) is 7.19. The number of carbonyl (C=O) groups excluding carboxylic acids is 3. The fraction of sp³-hybridized carbons (Fsp3) is 0.346. The van der Waals surface area contributed by atoms with Crippen LogP contribution in [-0.4, -0.2) is 53.9 Å². The van der Waals surface area contributed by atoms with E-state index in [9.17, 15) is 18.8 Å². The number of rotatable bonds is 6. The highest BCUT2D eigenvalue weighted by atomic mass is 19.1. The second-order valence-corrected chi connectivity index (χ2v) is 9.44. The van der Waals surface area contributed by atoms with Crippen LogP contribution in [0.1, 0.15) is 17.5 Å². The standard InChI is InChI=1S/C26H25FN4O4/c1-35-10-4-9-31-23(32)21-20(11-14-13-28-18-6-3-2-5-16(14)18)30-26(22(21)24(31)33)17-12-15(27)7-8-19(17)29-25(26)34/h2-3,5-8,12-13,20-22,28,30H,4,9-11H2,1H3,(H,29,34)/t20-,21+,22-,26+/m0/s1. The van der Waals surface area contributed by atoms with Crippen LogP contribution in [0.5, 0.6) is 0 Å². The van der Waals surface area contributed by atoms with Crippen molar-refractivity contribution in [3.8, 4) is 0 Å². The van der Waals surface area contributed by atoms with Gasteiger partial charge >= 0.3 is 0 Å². The normalized spacial score (nSPS) is 27.2. The lowest BCUT2D eigenvalue weighted by Crippen LogP contribution is -2.53. The number of halogens is 1. The van der Waals surface area contributed by atoms with E-state index in [0.717, 1.165) is 16.5 Å². The lowest BCUT2D eigenvalue weighted by molar-refractivity contribution is -0.143. The summed E-state index contributed by atoms with van der Waals surface area (Å²) in [6, 6.07) is 11.4. The minimum Gasteiger partial charge on any atom is -0.385 e. The SMILES string of the molecule is COCCCN1C(=O)[C@@H]2[C@H](Cc3c[nH]c4ccccc34)N[C@@]3(C(=O)Nc4ccc(F)cc43)[C@@H]2C1=O. The van der Waals surface area contributed by atoms with Crippen LogP contribution in [0.15, 0.2) is 48.7 Å². The van der Waals surface area contributed by atoms with Gasteiger partial charge in [-0.05, 0) is 42.7 Å². The van der Waals surface area contributed by atoms with Crippen molar-refractivity contribution in [2.45, 2.75) is 24.4 Å². The lowest BCUT2D eigenvalue weighted by Gasteiger charge is -2.29. The predicted molar refractivity (Wildman–Crippen MR) is 126 cm³/mol. The van der Waals surface area contributed by atoms with Gasteiger partial charge in [-0.3, -0.25) is 24.6 Å². The topological polar surface area (TPSA) is 104 Å². The molecule has 0 unspecified atom stereocenters. The molecule has 3 aliphatic rings. The van der Waals surface area contributed by atoms with Crippen molar-refractivity contribution in [1.82, 2.24) is 15.2 Å². The van der Waals surface area contributed by atoms with Crippen molar-refractivity contribution >= 4 is 34.3 Å². The van der Waals surface area contributed by atoms with Gasteiger partial charge in [0.2, 0.25) is 17.7 Å². The zero-order valence-corrected chi connectivity index (χ0v) is 19.1. The number of nitrogens with zero attached hydrogens (tertiary/aromatic N) is 1. The first-order chi connectivity index (χ1) is 17.0. The molecular weight excluding hydrogens is 451 g/mol. The molecule has 9 heteroatoms. The number of para-hydroxylation sites is 1. The van der Waals surface area contributed by atoms with Crippen molar-refractivity contribution in [2.24, 2.45) is 11.8 Å². The maximum atomic E-state index is 14.4. The van der Waals surface area contributed by atoms with E-state index < -0.39 is 41.0 Å². The highest BCUT2D eigenvalue weighted by Crippen LogP contribution is 2.53. The molecule has 0 bridgehead atoms. The molecule has 0 radical (unpaired) electrons. The summed E-state index contributed by atoms with van der Waals surface area (Å²) in [7, 11) is 1.56. The molecule has 4 atom stereocenters. The van der Waals surface area contributed by atoms with E-state index in [4.69, 9.17) is 4.74 Å². The van der Waals surface area contributed by atoms with Crippen LogP contribution >= 0.6 is 0 Å². The van der Waals surface area contributed by atoms with E-state index in [-0.39, 0.29) is 12.5 Å². The van der Waals surface area contributed by atoms with E-state index in [1.165, 1.54) is 23.1 Å². The first-order valence-electron chi connectivity index (χ1n) is 11.7. The summed E-state index contributed by atoms with van der Waals surface area (Å²) in [6.07, 6.45) is 2.82. The summed E-state index contributed by atoms with van der Waals surface area (Å²) in [5.41, 5.74) is 1.26. The highest BCUT2D eigenvalue weighted by Gasteiger charge is 2.70. The van der Waals surface area contributed by atoms with E-state index in [2.05, 4.69) is 15.6 Å². The number of benzene rings is 2. The quantitative estimate of drug-likeness (QED) is 0.374. The smallest absolute Gasteiger partial charge is 0.250 e. The summed E-state index contributed by atoms with van der Waals surface area (Å²) >= 11 is 0. The molecule has 0 saturated carbocycles. The van der Waals surface area contributed by atoms with Crippen molar-refractivity contribution in [3.63, 3.8) is 0 Å². The summed E-state index contributed by atoms with van der Waals surface area (Å²) in [6.45, 7) is 0.620. The molecular formula is C26H25FN4O4. The molecule has 3 aromatic rings. The van der Waals surface area contributed by atoms with Crippen molar-refractivity contribution in [3.05, 3.63) is 65.6 Å². The fourth-order valence-electron chi connectivity index (χ4n) is 6.13. The molecule has 2 fully saturated rings. The minimum atomic E-state index is -1.51. The molecule has 2 aromatic carbocycles. The summed E-state index contributed by atoms with van der Waals surface area (Å²) < 4.78 is 19.5. The Bertz CT molecular complexity index is 1370. The Morgan fingerprint density at radius 2 is 1.94 bits per heavy atom. The zero-order valence-electron chi connectivity index (χ0n) is 19.1. The van der Waals surface area contributed by atoms with Crippen molar-refractivity contribution in [2.75, 3.05) is 25.6 Å². The van der Waals surface area contributed by atoms with Crippen LogP contribution in [0.4, 0.5) is 10.1 Å². The van der Waals surface area contributed by atoms with Gasteiger partial charge in [-0.25, -0.2) is 4.39 Å². The van der Waals surface area contributed by atoms with Crippen LogP contribution in [0, 0.1) is 17.7 Å². The number of hydrogen-bond donors (Lipinski definition) is 3. The van der Waals surface area contributed by atoms with Gasteiger partial charge in [0.25, 0.3) is 0 Å². The van der Waals surface area contributed by atoms with Crippen LogP contribution < -0.4 is 10.6 Å². The van der Waals surface area contributed by atoms with E-state index >= 15 is 0 Å². The van der Waals surface area contributed by atoms with Crippen LogP contribution in [0.3, 0.4) is 0 Å². The largest absolute Gasteiger partial charge is 0.385 e. The fourth-order valence-corrected chi connectivity index (χ4v) is 6.13. The second-order valence-electron chi connectivity index (χ2n) is 9.44. The van der Waals surface area contributed by atoms with Crippen LogP contribution in [0.2, 0.25) is 0 Å². The molecule has 180 valence electrons. The first kappa shape index (κ1) is 21.9. The molecule has 0 aliphatic carbocycles. The zero-order chi connectivity index (χ0) is 24.3. The van der Waals surface area contributed by atoms with Gasteiger partial charge in [0.15, 0.2) is 0 Å². The van der Waals surface area contributed by atoms with Gasteiger partial charge in [0.05, 0.1) is 11.8 Å². The Labute approximate surface area is 200 Å². The first-order valence-corrected chi connectivity index (χ1v) is 11.7. The van der Waals surface area contributed by atoms with Crippen LogP contribution in [-0.2, 0) is 31.1 Å². The number of H-pyrrole nitrogens is 1. The Morgan fingerprint density at radius 3 is 2.77 bits per heavy atom. The average molecular weight is 477 g/mol. The Kier molecular flexibility index (Phi) is 5.01. The molecule has 8 nitrogen and oxygen atoms in total. The van der Waals surface area contributed by atoms with Gasteiger partial charge in [0, 0.05) is 54.7 Å². The van der Waals surface area contributed by atoms with Gasteiger partial charge in [-0.1, -0.05) is 18.2 Å². The third-order valence-electron chi connectivity index (χ3n) is 7.61. The van der Waals surface area contributed by atoms with E-state index in [0.29, 0.717) is 30.7 Å². The number of aromatic nitrogens is 1. The number of imide groups is 1. The van der Waals surface area contributed by atoms with Crippen LogP contribution in [0.25, 0.3) is 10.9 Å². The predicted octanol–water partition coefficient (Wildman–Crippen LogP) is 2.31. The maximum absolute atomic E-state index is 14.4. The number of aromatic amines is 1. The summed E-state index contributed by atoms with van der Waals surface area (Å²) in [5.74, 6) is -3.36. The molecule has 4 heterocycles. The number of carbonyl (C=O) groups is 3. The number of anilines is 1. The third-order valence-corrected chi connectivity index (χ3v) is 7.61. The number of likely N-dealkylation sites (tertiary alicyclic amines) is 1. The number of ether oxygens (including phenoxy) is 1. The molecule has 3 N–H and O–H groups in total. The molecule has 35 heavy (non-hydrogen) atoms. The molecule has 6 rings (SSSR count). The lowest BCUT2D eigenvalue weighted by atomic mass is 9.76. The third kappa shape index (κ3) is 3.08.